The monoisotopic (exact) mass is 443 g/mol. The number of urea groups is 1. The van der Waals surface area contributed by atoms with Gasteiger partial charge in [-0.05, 0) is 54.3 Å². The molecule has 2 amide bonds. The molecule has 1 saturated heterocycles. The van der Waals surface area contributed by atoms with E-state index in [0.29, 0.717) is 0 Å². The Morgan fingerprint density at radius 1 is 1.00 bits per heavy atom. The molecule has 2 aliphatic rings. The maximum atomic E-state index is 13.3. The highest BCUT2D eigenvalue weighted by atomic mass is 16.5. The van der Waals surface area contributed by atoms with Gasteiger partial charge in [0, 0.05) is 36.9 Å². The zero-order valence-corrected chi connectivity index (χ0v) is 18.8. The van der Waals surface area contributed by atoms with Gasteiger partial charge in [-0.1, -0.05) is 42.5 Å². The van der Waals surface area contributed by atoms with E-state index in [9.17, 15) is 9.90 Å². The Hall–Kier alpha value is -3.51. The fraction of sp³-hybridized carbons (Fsp3) is 0.296. The van der Waals surface area contributed by atoms with Crippen molar-refractivity contribution in [2.45, 2.75) is 31.5 Å². The van der Waals surface area contributed by atoms with Gasteiger partial charge in [-0.3, -0.25) is 4.90 Å². The number of phenolic OH excluding ortho intramolecular Hbond substituents is 1. The summed E-state index contributed by atoms with van der Waals surface area (Å²) in [6.45, 7) is 2.70. The van der Waals surface area contributed by atoms with E-state index >= 15 is 0 Å². The number of phenols is 1. The van der Waals surface area contributed by atoms with Crippen LogP contribution in [-0.4, -0.2) is 47.2 Å². The number of carbonyl (C=O) groups is 1. The number of aromatic hydroxyl groups is 1. The van der Waals surface area contributed by atoms with Crippen LogP contribution in [0.5, 0.6) is 11.5 Å². The van der Waals surface area contributed by atoms with Crippen LogP contribution in [0.25, 0.3) is 0 Å². The van der Waals surface area contributed by atoms with Crippen LogP contribution >= 0.6 is 0 Å². The van der Waals surface area contributed by atoms with E-state index in [-0.39, 0.29) is 23.9 Å². The average Bonchev–Trinajstić information content (AvgIpc) is 2.84. The topological polar surface area (TPSA) is 65.0 Å². The summed E-state index contributed by atoms with van der Waals surface area (Å²) >= 11 is 0. The Balaban J connectivity index is 1.37. The first kappa shape index (κ1) is 21.3. The first-order valence-corrected chi connectivity index (χ1v) is 11.4. The van der Waals surface area contributed by atoms with Crippen LogP contribution in [0, 0.1) is 0 Å². The lowest BCUT2D eigenvalue weighted by atomic mass is 9.90. The van der Waals surface area contributed by atoms with Crippen molar-refractivity contribution in [2.24, 2.45) is 0 Å². The molecule has 0 aliphatic carbocycles. The number of likely N-dealkylation sites (tertiary alicyclic amines) is 1. The van der Waals surface area contributed by atoms with Crippen LogP contribution < -0.4 is 10.1 Å². The van der Waals surface area contributed by atoms with Crippen molar-refractivity contribution in [1.29, 1.82) is 0 Å². The summed E-state index contributed by atoms with van der Waals surface area (Å²) < 4.78 is 5.36. The third-order valence-corrected chi connectivity index (χ3v) is 6.69. The number of nitrogens with one attached hydrogen (secondary N) is 1. The molecule has 5 rings (SSSR count). The van der Waals surface area contributed by atoms with Gasteiger partial charge in [-0.25, -0.2) is 4.79 Å². The molecule has 0 spiro atoms. The number of hydrogen-bond donors (Lipinski definition) is 2. The van der Waals surface area contributed by atoms with Gasteiger partial charge in [0.1, 0.15) is 11.5 Å². The third-order valence-electron chi connectivity index (χ3n) is 6.69. The van der Waals surface area contributed by atoms with Gasteiger partial charge < -0.3 is 20.1 Å². The van der Waals surface area contributed by atoms with Crippen LogP contribution in [0.15, 0.2) is 72.8 Å². The molecule has 33 heavy (non-hydrogen) atoms. The Labute approximate surface area is 194 Å². The van der Waals surface area contributed by atoms with Crippen LogP contribution in [-0.2, 0) is 6.54 Å². The lowest BCUT2D eigenvalue weighted by Gasteiger charge is -2.45. The maximum absolute atomic E-state index is 13.3. The largest absolute Gasteiger partial charge is 0.508 e. The van der Waals surface area contributed by atoms with E-state index < -0.39 is 0 Å². The lowest BCUT2D eigenvalue weighted by Crippen LogP contribution is -2.52. The molecule has 6 heteroatoms. The molecule has 170 valence electrons. The number of ether oxygens (including phenoxy) is 1. The quantitative estimate of drug-likeness (QED) is 0.582. The van der Waals surface area contributed by atoms with Crippen molar-refractivity contribution in [3.05, 3.63) is 89.5 Å². The highest BCUT2D eigenvalue weighted by Crippen LogP contribution is 2.41. The Morgan fingerprint density at radius 2 is 1.79 bits per heavy atom. The van der Waals surface area contributed by atoms with Crippen LogP contribution in [0.4, 0.5) is 10.5 Å². The van der Waals surface area contributed by atoms with Crippen molar-refractivity contribution >= 4 is 11.7 Å². The highest BCUT2D eigenvalue weighted by Gasteiger charge is 2.39. The predicted octanol–water partition coefficient (Wildman–Crippen LogP) is 5.00. The standard InChI is InChI=1S/C27H29N3O3/c1-33-23-9-4-6-19(16-23)18-29-14-12-21(13-15-29)30-26(20-7-5-8-22(31)17-20)24-10-2-3-11-25(24)28-27(30)32/h2-11,16-17,21,26,31H,12-15,18H2,1H3,(H,28,32). The number of methoxy groups -OCH3 is 1. The van der Waals surface area contributed by atoms with Crippen LogP contribution in [0.3, 0.4) is 0 Å². The number of anilines is 1. The van der Waals surface area contributed by atoms with Crippen molar-refractivity contribution in [2.75, 3.05) is 25.5 Å². The van der Waals surface area contributed by atoms with Crippen molar-refractivity contribution < 1.29 is 14.6 Å². The summed E-state index contributed by atoms with van der Waals surface area (Å²) in [5.74, 6) is 1.09. The summed E-state index contributed by atoms with van der Waals surface area (Å²) in [5.41, 5.74) is 4.05. The fourth-order valence-corrected chi connectivity index (χ4v) is 5.09. The highest BCUT2D eigenvalue weighted by molar-refractivity contribution is 5.94. The maximum Gasteiger partial charge on any atom is 0.322 e. The molecule has 2 aliphatic heterocycles. The van der Waals surface area contributed by atoms with E-state index in [1.807, 2.05) is 47.4 Å². The summed E-state index contributed by atoms with van der Waals surface area (Å²) in [5, 5.41) is 13.2. The van der Waals surface area contributed by atoms with Crippen molar-refractivity contribution in [3.8, 4) is 11.5 Å². The molecule has 0 aromatic heterocycles. The van der Waals surface area contributed by atoms with Gasteiger partial charge in [0.2, 0.25) is 0 Å². The molecule has 1 fully saturated rings. The number of piperidine rings is 1. The minimum atomic E-state index is -0.225. The van der Waals surface area contributed by atoms with Gasteiger partial charge in [0.25, 0.3) is 0 Å². The number of para-hydroxylation sites is 1. The molecule has 3 aromatic carbocycles. The van der Waals surface area contributed by atoms with E-state index in [1.165, 1.54) is 5.56 Å². The molecule has 2 N–H and O–H groups in total. The van der Waals surface area contributed by atoms with E-state index in [2.05, 4.69) is 28.4 Å². The lowest BCUT2D eigenvalue weighted by molar-refractivity contribution is 0.105. The molecule has 3 aromatic rings. The molecular formula is C27H29N3O3. The van der Waals surface area contributed by atoms with E-state index in [1.54, 1.807) is 19.2 Å². The number of carbonyl (C=O) groups excluding carboxylic acids is 1. The first-order valence-electron chi connectivity index (χ1n) is 11.4. The summed E-state index contributed by atoms with van der Waals surface area (Å²) in [7, 11) is 1.69. The second-order valence-corrected chi connectivity index (χ2v) is 8.78. The normalized spacial score (nSPS) is 19.1. The predicted molar refractivity (Wildman–Crippen MR) is 129 cm³/mol. The number of fused-ring (bicyclic) bond motifs is 1. The van der Waals surface area contributed by atoms with Gasteiger partial charge in [-0.15, -0.1) is 0 Å². The number of amides is 2. The molecule has 6 nitrogen and oxygen atoms in total. The van der Waals surface area contributed by atoms with Gasteiger partial charge in [0.15, 0.2) is 0 Å². The Kier molecular flexibility index (Phi) is 5.92. The molecular weight excluding hydrogens is 414 g/mol. The van der Waals surface area contributed by atoms with Gasteiger partial charge in [0.05, 0.1) is 13.2 Å². The smallest absolute Gasteiger partial charge is 0.322 e. The molecule has 0 saturated carbocycles. The first-order chi connectivity index (χ1) is 16.1. The second kappa shape index (κ2) is 9.16. The summed E-state index contributed by atoms with van der Waals surface area (Å²) in [4.78, 5) is 17.7. The van der Waals surface area contributed by atoms with E-state index in [4.69, 9.17) is 4.74 Å². The van der Waals surface area contributed by atoms with Crippen LogP contribution in [0.1, 0.15) is 35.6 Å². The summed E-state index contributed by atoms with van der Waals surface area (Å²) in [6.07, 6.45) is 1.80. The van der Waals surface area contributed by atoms with Crippen molar-refractivity contribution in [1.82, 2.24) is 9.80 Å². The van der Waals surface area contributed by atoms with Crippen molar-refractivity contribution in [3.63, 3.8) is 0 Å². The second-order valence-electron chi connectivity index (χ2n) is 8.78. The summed E-state index contributed by atoms with van der Waals surface area (Å²) in [6, 6.07) is 23.2. The molecule has 1 atom stereocenters. The van der Waals surface area contributed by atoms with Gasteiger partial charge >= 0.3 is 6.03 Å². The molecule has 0 radical (unpaired) electrons. The SMILES string of the molecule is COc1cccc(CN2CCC(N3C(=O)Nc4ccccc4C3c3cccc(O)c3)CC2)c1. The number of rotatable bonds is 5. The molecule has 1 unspecified atom stereocenters. The number of nitrogens with zero attached hydrogens (tertiary/aromatic N) is 2. The zero-order chi connectivity index (χ0) is 22.8. The average molecular weight is 444 g/mol. The minimum Gasteiger partial charge on any atom is -0.508 e. The van der Waals surface area contributed by atoms with Crippen LogP contribution in [0.2, 0.25) is 0 Å². The number of hydrogen-bond acceptors (Lipinski definition) is 4. The third kappa shape index (κ3) is 4.39. The Morgan fingerprint density at radius 3 is 2.58 bits per heavy atom. The molecule has 2 heterocycles. The number of benzene rings is 3. The van der Waals surface area contributed by atoms with Gasteiger partial charge in [-0.2, -0.15) is 0 Å². The van der Waals surface area contributed by atoms with E-state index in [0.717, 1.165) is 55.0 Å². The Bertz CT molecular complexity index is 1140. The minimum absolute atomic E-state index is 0.0757. The zero-order valence-electron chi connectivity index (χ0n) is 18.8. The molecule has 0 bridgehead atoms. The fourth-order valence-electron chi connectivity index (χ4n) is 5.09.